The lowest BCUT2D eigenvalue weighted by molar-refractivity contribution is 0.617. The summed E-state index contributed by atoms with van der Waals surface area (Å²) in [5.74, 6) is -0.363. The van der Waals surface area contributed by atoms with Gasteiger partial charge in [-0.25, -0.2) is 14.4 Å². The van der Waals surface area contributed by atoms with Crippen LogP contribution in [0.1, 0.15) is 9.88 Å². The Labute approximate surface area is 95.6 Å². The number of nitrogens with two attached hydrogens (primary N) is 1. The van der Waals surface area contributed by atoms with E-state index in [9.17, 15) is 4.39 Å². The maximum atomic E-state index is 13.2. The second-order valence-electron chi connectivity index (χ2n) is 3.12. The van der Waals surface area contributed by atoms with Crippen LogP contribution in [-0.4, -0.2) is 15.0 Å². The summed E-state index contributed by atoms with van der Waals surface area (Å²) in [6.45, 7) is 2.39. The van der Waals surface area contributed by atoms with Crippen LogP contribution in [0.15, 0.2) is 12.4 Å². The van der Waals surface area contributed by atoms with Crippen LogP contribution in [0.5, 0.6) is 0 Å². The number of hydrogen-bond donors (Lipinski definition) is 2. The summed E-state index contributed by atoms with van der Waals surface area (Å²) in [5.41, 5.74) is 5.36. The third-order valence-electron chi connectivity index (χ3n) is 1.86. The van der Waals surface area contributed by atoms with E-state index in [4.69, 9.17) is 5.73 Å². The Balaban J connectivity index is 2.07. The lowest BCUT2D eigenvalue weighted by Gasteiger charge is -2.04. The molecule has 0 bridgehead atoms. The van der Waals surface area contributed by atoms with E-state index in [1.54, 1.807) is 17.5 Å². The molecule has 16 heavy (non-hydrogen) atoms. The van der Waals surface area contributed by atoms with Gasteiger partial charge in [0.05, 0.1) is 17.7 Å². The quantitative estimate of drug-likeness (QED) is 0.850. The molecule has 5 nitrogen and oxygen atoms in total. The summed E-state index contributed by atoms with van der Waals surface area (Å²) >= 11 is 1.55. The van der Waals surface area contributed by atoms with Gasteiger partial charge in [-0.15, -0.1) is 11.3 Å². The molecular weight excluding hydrogens is 229 g/mol. The van der Waals surface area contributed by atoms with Crippen molar-refractivity contribution in [2.24, 2.45) is 0 Å². The van der Waals surface area contributed by atoms with E-state index in [1.807, 2.05) is 6.92 Å². The summed E-state index contributed by atoms with van der Waals surface area (Å²) in [4.78, 5) is 12.4. The minimum absolute atomic E-state index is 0.0457. The number of nitrogen functional groups attached to an aromatic ring is 1. The molecular formula is C9H10FN5S. The summed E-state index contributed by atoms with van der Waals surface area (Å²) < 4.78 is 13.2. The lowest BCUT2D eigenvalue weighted by Crippen LogP contribution is -2.05. The van der Waals surface area contributed by atoms with E-state index >= 15 is 0 Å². The minimum Gasteiger partial charge on any atom is -0.368 e. The van der Waals surface area contributed by atoms with Crippen molar-refractivity contribution in [1.29, 1.82) is 0 Å². The third kappa shape index (κ3) is 2.43. The average molecular weight is 239 g/mol. The molecule has 0 spiro atoms. The molecule has 0 fully saturated rings. The summed E-state index contributed by atoms with van der Waals surface area (Å²) in [6, 6.07) is 0. The van der Waals surface area contributed by atoms with E-state index in [1.165, 1.54) is 0 Å². The first-order chi connectivity index (χ1) is 7.65. The van der Waals surface area contributed by atoms with Crippen molar-refractivity contribution in [3.8, 4) is 0 Å². The molecule has 84 valence electrons. The fraction of sp³-hybridized carbons (Fsp3) is 0.222. The van der Waals surface area contributed by atoms with Crippen molar-refractivity contribution in [2.75, 3.05) is 11.1 Å². The van der Waals surface area contributed by atoms with Crippen molar-refractivity contribution in [3.63, 3.8) is 0 Å². The van der Waals surface area contributed by atoms with Crippen molar-refractivity contribution in [1.82, 2.24) is 15.0 Å². The molecule has 0 atom stereocenters. The third-order valence-corrected chi connectivity index (χ3v) is 2.77. The highest BCUT2D eigenvalue weighted by Crippen LogP contribution is 2.15. The normalized spacial score (nSPS) is 10.4. The van der Waals surface area contributed by atoms with Crippen LogP contribution in [0.4, 0.5) is 16.2 Å². The van der Waals surface area contributed by atoms with Crippen molar-refractivity contribution >= 4 is 23.1 Å². The molecule has 3 N–H and O–H groups in total. The maximum Gasteiger partial charge on any atom is 0.222 e. The molecule has 0 amide bonds. The topological polar surface area (TPSA) is 76.7 Å². The van der Waals surface area contributed by atoms with Crippen LogP contribution in [0.25, 0.3) is 0 Å². The predicted octanol–water partition coefficient (Wildman–Crippen LogP) is 1.57. The molecule has 0 aromatic carbocycles. The Morgan fingerprint density at radius 3 is 2.94 bits per heavy atom. The molecule has 2 aromatic heterocycles. The Morgan fingerprint density at radius 1 is 1.44 bits per heavy atom. The van der Waals surface area contributed by atoms with Crippen LogP contribution in [-0.2, 0) is 6.54 Å². The van der Waals surface area contributed by atoms with E-state index in [2.05, 4.69) is 20.3 Å². The van der Waals surface area contributed by atoms with Gasteiger partial charge in [-0.1, -0.05) is 0 Å². The number of anilines is 2. The van der Waals surface area contributed by atoms with Gasteiger partial charge in [-0.05, 0) is 6.92 Å². The average Bonchev–Trinajstić information content (AvgIpc) is 2.66. The van der Waals surface area contributed by atoms with Crippen LogP contribution < -0.4 is 11.1 Å². The zero-order chi connectivity index (χ0) is 11.5. The van der Waals surface area contributed by atoms with Crippen LogP contribution in [0.2, 0.25) is 0 Å². The number of rotatable bonds is 3. The fourth-order valence-corrected chi connectivity index (χ4v) is 1.90. The maximum absolute atomic E-state index is 13.2. The molecule has 0 saturated heterocycles. The van der Waals surface area contributed by atoms with Crippen molar-refractivity contribution in [2.45, 2.75) is 13.5 Å². The highest BCUT2D eigenvalue weighted by Gasteiger charge is 2.05. The van der Waals surface area contributed by atoms with Gasteiger partial charge in [0, 0.05) is 11.1 Å². The molecule has 2 aromatic rings. The zero-order valence-corrected chi connectivity index (χ0v) is 9.38. The summed E-state index contributed by atoms with van der Waals surface area (Å²) in [5, 5.41) is 3.82. The molecule has 2 rings (SSSR count). The Hall–Kier alpha value is -1.76. The molecule has 0 aliphatic heterocycles. The highest BCUT2D eigenvalue weighted by atomic mass is 32.1. The summed E-state index contributed by atoms with van der Waals surface area (Å²) in [7, 11) is 0. The van der Waals surface area contributed by atoms with E-state index in [-0.39, 0.29) is 11.8 Å². The van der Waals surface area contributed by atoms with Gasteiger partial charge in [0.2, 0.25) is 5.95 Å². The highest BCUT2D eigenvalue weighted by molar-refractivity contribution is 7.11. The fourth-order valence-electron chi connectivity index (χ4n) is 1.16. The molecule has 0 saturated carbocycles. The molecule has 2 heterocycles. The number of nitrogens with zero attached hydrogens (tertiary/aromatic N) is 3. The number of nitrogens with one attached hydrogen (secondary N) is 1. The number of aryl methyl sites for hydroxylation is 1. The van der Waals surface area contributed by atoms with Gasteiger partial charge in [0.1, 0.15) is 0 Å². The number of thiazole rings is 1. The Morgan fingerprint density at radius 2 is 2.25 bits per heavy atom. The van der Waals surface area contributed by atoms with E-state index in [0.29, 0.717) is 6.54 Å². The molecule has 7 heteroatoms. The monoisotopic (exact) mass is 239 g/mol. The summed E-state index contributed by atoms with van der Waals surface area (Å²) in [6.07, 6.45) is 2.79. The Bertz CT molecular complexity index is 498. The lowest BCUT2D eigenvalue weighted by atomic mass is 10.5. The first-order valence-corrected chi connectivity index (χ1v) is 5.40. The second-order valence-corrected chi connectivity index (χ2v) is 4.44. The molecule has 0 unspecified atom stereocenters. The van der Waals surface area contributed by atoms with Gasteiger partial charge >= 0.3 is 0 Å². The van der Waals surface area contributed by atoms with Crippen molar-refractivity contribution in [3.05, 3.63) is 28.1 Å². The van der Waals surface area contributed by atoms with Gasteiger partial charge in [0.15, 0.2) is 11.6 Å². The largest absolute Gasteiger partial charge is 0.368 e. The predicted molar refractivity (Wildman–Crippen MR) is 60.6 cm³/mol. The van der Waals surface area contributed by atoms with Crippen molar-refractivity contribution < 1.29 is 4.39 Å². The second kappa shape index (κ2) is 4.40. The Kier molecular flexibility index (Phi) is 2.95. The smallest absolute Gasteiger partial charge is 0.222 e. The van der Waals surface area contributed by atoms with Crippen LogP contribution in [0, 0.1) is 12.7 Å². The minimum atomic E-state index is -0.518. The molecule has 0 aliphatic rings. The zero-order valence-electron chi connectivity index (χ0n) is 8.57. The van der Waals surface area contributed by atoms with Gasteiger partial charge in [-0.3, -0.25) is 0 Å². The first kappa shape index (κ1) is 10.7. The number of aromatic nitrogens is 3. The molecule has 0 radical (unpaired) electrons. The van der Waals surface area contributed by atoms with Gasteiger partial charge in [0.25, 0.3) is 0 Å². The molecule has 0 aliphatic carbocycles. The standard InChI is InChI=1S/C9H10FN5S/c1-5-12-2-6(16-5)3-13-8-7(10)4-14-9(11)15-8/h2,4H,3H2,1H3,(H3,11,13,14,15). The number of hydrogen-bond acceptors (Lipinski definition) is 6. The number of halogens is 1. The van der Waals surface area contributed by atoms with E-state index in [0.717, 1.165) is 16.1 Å². The van der Waals surface area contributed by atoms with Gasteiger partial charge in [-0.2, -0.15) is 4.98 Å². The van der Waals surface area contributed by atoms with Crippen LogP contribution >= 0.6 is 11.3 Å². The SMILES string of the molecule is Cc1ncc(CNc2nc(N)ncc2F)s1. The first-order valence-electron chi connectivity index (χ1n) is 4.58. The van der Waals surface area contributed by atoms with Gasteiger partial charge < -0.3 is 11.1 Å². The van der Waals surface area contributed by atoms with E-state index < -0.39 is 5.82 Å². The van der Waals surface area contributed by atoms with Crippen LogP contribution in [0.3, 0.4) is 0 Å².